The molecule has 0 N–H and O–H groups in total. The summed E-state index contributed by atoms with van der Waals surface area (Å²) in [6.45, 7) is 4.22. The van der Waals surface area contributed by atoms with Crippen LogP contribution in [0.1, 0.15) is 21.7 Å². The molecule has 3 aromatic rings. The third kappa shape index (κ3) is 4.08. The van der Waals surface area contributed by atoms with Crippen LogP contribution in [0.2, 0.25) is 0 Å². The number of benzene rings is 2. The molecule has 0 bridgehead atoms. The lowest BCUT2D eigenvalue weighted by atomic mass is 10.2. The number of carbonyl (C=O) groups is 1. The third-order valence-electron chi connectivity index (χ3n) is 3.96. The lowest BCUT2D eigenvalue weighted by molar-refractivity contribution is 0.0450. The molecule has 3 rings (SSSR count). The van der Waals surface area contributed by atoms with E-state index in [1.165, 1.54) is 0 Å². The number of nitrogens with zero attached hydrogens (tertiary/aromatic N) is 2. The highest BCUT2D eigenvalue weighted by atomic mass is 16.6. The van der Waals surface area contributed by atoms with Gasteiger partial charge in [0.2, 0.25) is 0 Å². The van der Waals surface area contributed by atoms with E-state index in [9.17, 15) is 4.79 Å². The summed E-state index contributed by atoms with van der Waals surface area (Å²) >= 11 is 0. The average molecular weight is 352 g/mol. The molecule has 0 aliphatic heterocycles. The molecule has 1 heterocycles. The second kappa shape index (κ2) is 7.82. The van der Waals surface area contributed by atoms with Gasteiger partial charge in [-0.05, 0) is 56.3 Å². The second-order valence-corrected chi connectivity index (χ2v) is 5.76. The summed E-state index contributed by atoms with van der Waals surface area (Å²) in [4.78, 5) is 21.1. The molecule has 0 amide bonds. The molecule has 0 radical (unpaired) electrons. The molecule has 26 heavy (non-hydrogen) atoms. The Labute approximate surface area is 151 Å². The van der Waals surface area contributed by atoms with Gasteiger partial charge in [0.15, 0.2) is 0 Å². The van der Waals surface area contributed by atoms with E-state index in [2.05, 4.69) is 9.97 Å². The lowest BCUT2D eigenvalue weighted by Gasteiger charge is -2.09. The summed E-state index contributed by atoms with van der Waals surface area (Å²) in [5.74, 6) is 1.03. The second-order valence-electron chi connectivity index (χ2n) is 5.76. The van der Waals surface area contributed by atoms with Gasteiger partial charge in [0.05, 0.1) is 35.1 Å². The van der Waals surface area contributed by atoms with E-state index in [-0.39, 0.29) is 13.2 Å². The number of carbonyl (C=O) groups excluding carboxylic acids is 1. The Bertz CT molecular complexity index is 923. The number of rotatable bonds is 6. The Balaban J connectivity index is 1.56. The Morgan fingerprint density at radius 3 is 2.23 bits per heavy atom. The van der Waals surface area contributed by atoms with E-state index in [0.29, 0.717) is 16.8 Å². The van der Waals surface area contributed by atoms with Gasteiger partial charge in [-0.15, -0.1) is 0 Å². The first-order valence-corrected chi connectivity index (χ1v) is 8.26. The summed E-state index contributed by atoms with van der Waals surface area (Å²) in [6.07, 6.45) is 0. The first-order valence-electron chi connectivity index (χ1n) is 8.26. The van der Waals surface area contributed by atoms with Crippen LogP contribution in [0.25, 0.3) is 11.0 Å². The summed E-state index contributed by atoms with van der Waals surface area (Å²) < 4.78 is 15.9. The minimum atomic E-state index is -0.412. The van der Waals surface area contributed by atoms with Gasteiger partial charge in [-0.25, -0.2) is 14.8 Å². The topological polar surface area (TPSA) is 70.5 Å². The van der Waals surface area contributed by atoms with Crippen LogP contribution in [0.5, 0.6) is 11.5 Å². The van der Waals surface area contributed by atoms with Crippen LogP contribution in [0.15, 0.2) is 42.5 Å². The molecule has 0 aliphatic carbocycles. The Kier molecular flexibility index (Phi) is 5.31. The van der Waals surface area contributed by atoms with Crippen LogP contribution in [0.3, 0.4) is 0 Å². The van der Waals surface area contributed by atoms with Crippen LogP contribution < -0.4 is 9.47 Å². The highest BCUT2D eigenvalue weighted by Crippen LogP contribution is 2.17. The maximum atomic E-state index is 12.2. The first kappa shape index (κ1) is 17.7. The molecular weight excluding hydrogens is 332 g/mol. The number of fused-ring (bicyclic) bond motifs is 1. The molecule has 0 unspecified atom stereocenters. The van der Waals surface area contributed by atoms with Crippen LogP contribution in [-0.4, -0.2) is 36.3 Å². The van der Waals surface area contributed by atoms with Crippen molar-refractivity contribution in [2.45, 2.75) is 13.8 Å². The fourth-order valence-electron chi connectivity index (χ4n) is 2.41. The van der Waals surface area contributed by atoms with E-state index in [1.54, 1.807) is 49.6 Å². The zero-order valence-electron chi connectivity index (χ0n) is 15.0. The molecule has 6 heteroatoms. The Morgan fingerprint density at radius 1 is 0.885 bits per heavy atom. The summed E-state index contributed by atoms with van der Waals surface area (Å²) in [7, 11) is 1.61. The van der Waals surface area contributed by atoms with E-state index >= 15 is 0 Å². The van der Waals surface area contributed by atoms with E-state index < -0.39 is 5.97 Å². The molecule has 0 atom stereocenters. The highest BCUT2D eigenvalue weighted by Gasteiger charge is 2.10. The third-order valence-corrected chi connectivity index (χ3v) is 3.96. The smallest absolute Gasteiger partial charge is 0.338 e. The van der Waals surface area contributed by atoms with Crippen LogP contribution in [-0.2, 0) is 4.74 Å². The van der Waals surface area contributed by atoms with Crippen molar-refractivity contribution in [3.8, 4) is 11.5 Å². The number of ether oxygens (including phenoxy) is 3. The molecule has 0 saturated carbocycles. The van der Waals surface area contributed by atoms with Gasteiger partial charge >= 0.3 is 5.97 Å². The van der Waals surface area contributed by atoms with Crippen molar-refractivity contribution in [1.29, 1.82) is 0 Å². The van der Waals surface area contributed by atoms with Crippen LogP contribution in [0.4, 0.5) is 0 Å². The molecular formula is C20H20N2O4. The zero-order valence-corrected chi connectivity index (χ0v) is 15.0. The van der Waals surface area contributed by atoms with Gasteiger partial charge in [-0.3, -0.25) is 0 Å². The first-order chi connectivity index (χ1) is 12.6. The largest absolute Gasteiger partial charge is 0.497 e. The number of esters is 1. The van der Waals surface area contributed by atoms with Crippen molar-refractivity contribution >= 4 is 17.0 Å². The SMILES string of the molecule is COc1ccc(OCCOC(=O)c2ccc3nc(C)c(C)nc3c2)cc1. The number of hydrogen-bond acceptors (Lipinski definition) is 6. The minimum absolute atomic E-state index is 0.154. The van der Waals surface area contributed by atoms with Gasteiger partial charge in [-0.1, -0.05) is 0 Å². The van der Waals surface area contributed by atoms with E-state index in [4.69, 9.17) is 14.2 Å². The number of aryl methyl sites for hydroxylation is 2. The molecule has 134 valence electrons. The zero-order chi connectivity index (χ0) is 18.5. The fourth-order valence-corrected chi connectivity index (χ4v) is 2.41. The Morgan fingerprint density at radius 2 is 1.54 bits per heavy atom. The molecule has 0 spiro atoms. The van der Waals surface area contributed by atoms with Gasteiger partial charge in [0.25, 0.3) is 0 Å². The number of aromatic nitrogens is 2. The molecule has 0 saturated heterocycles. The summed E-state index contributed by atoms with van der Waals surface area (Å²) in [6, 6.07) is 12.4. The molecule has 6 nitrogen and oxygen atoms in total. The number of hydrogen-bond donors (Lipinski definition) is 0. The predicted octanol–water partition coefficient (Wildman–Crippen LogP) is 3.49. The average Bonchev–Trinajstić information content (AvgIpc) is 2.66. The standard InChI is InChI=1S/C20H20N2O4/c1-13-14(2)22-19-12-15(4-9-18(19)21-13)20(23)26-11-10-25-17-7-5-16(24-3)6-8-17/h4-9,12H,10-11H2,1-3H3. The van der Waals surface area contributed by atoms with Crippen molar-refractivity contribution in [3.63, 3.8) is 0 Å². The Hall–Kier alpha value is -3.15. The molecule has 1 aromatic heterocycles. The number of methoxy groups -OCH3 is 1. The maximum absolute atomic E-state index is 12.2. The quantitative estimate of drug-likeness (QED) is 0.500. The van der Waals surface area contributed by atoms with Crippen molar-refractivity contribution in [3.05, 3.63) is 59.4 Å². The minimum Gasteiger partial charge on any atom is -0.497 e. The lowest BCUT2D eigenvalue weighted by Crippen LogP contribution is -2.12. The predicted molar refractivity (Wildman–Crippen MR) is 97.8 cm³/mol. The van der Waals surface area contributed by atoms with E-state index in [0.717, 1.165) is 22.7 Å². The van der Waals surface area contributed by atoms with Crippen molar-refractivity contribution in [2.75, 3.05) is 20.3 Å². The van der Waals surface area contributed by atoms with Gasteiger partial charge in [0.1, 0.15) is 24.7 Å². The van der Waals surface area contributed by atoms with Crippen molar-refractivity contribution in [2.24, 2.45) is 0 Å². The maximum Gasteiger partial charge on any atom is 0.338 e. The summed E-state index contributed by atoms with van der Waals surface area (Å²) in [5.41, 5.74) is 3.60. The molecule has 0 aliphatic rings. The van der Waals surface area contributed by atoms with Gasteiger partial charge < -0.3 is 14.2 Å². The summed E-state index contributed by atoms with van der Waals surface area (Å²) in [5, 5.41) is 0. The monoisotopic (exact) mass is 352 g/mol. The van der Waals surface area contributed by atoms with Crippen LogP contribution in [0, 0.1) is 13.8 Å². The van der Waals surface area contributed by atoms with Crippen LogP contribution >= 0.6 is 0 Å². The van der Waals surface area contributed by atoms with Crippen molar-refractivity contribution < 1.29 is 19.0 Å². The molecule has 2 aromatic carbocycles. The molecule has 0 fully saturated rings. The van der Waals surface area contributed by atoms with Crippen molar-refractivity contribution in [1.82, 2.24) is 9.97 Å². The highest BCUT2D eigenvalue weighted by molar-refractivity contribution is 5.93. The van der Waals surface area contributed by atoms with Gasteiger partial charge in [0, 0.05) is 0 Å². The van der Waals surface area contributed by atoms with E-state index in [1.807, 2.05) is 13.8 Å². The van der Waals surface area contributed by atoms with Gasteiger partial charge in [-0.2, -0.15) is 0 Å². The fraction of sp³-hybridized carbons (Fsp3) is 0.250. The normalized spacial score (nSPS) is 10.6.